The molecule has 1 aliphatic rings. The molecular formula is C22H26NP. The summed E-state index contributed by atoms with van der Waals surface area (Å²) in [5.41, 5.74) is 7.16. The van der Waals surface area contributed by atoms with Crippen LogP contribution >= 0.6 is 8.20 Å². The molecule has 1 N–H and O–H groups in total. The molecular weight excluding hydrogens is 309 g/mol. The third-order valence-electron chi connectivity index (χ3n) is 3.85. The van der Waals surface area contributed by atoms with Gasteiger partial charge in [0, 0.05) is 28.4 Å². The Morgan fingerprint density at radius 2 is 1.88 bits per heavy atom. The largest absolute Gasteiger partial charge is 0.381 e. The van der Waals surface area contributed by atoms with E-state index in [2.05, 4.69) is 88.7 Å². The van der Waals surface area contributed by atoms with Crippen LogP contribution in [0, 0.1) is 6.92 Å². The molecule has 1 heterocycles. The van der Waals surface area contributed by atoms with Crippen molar-refractivity contribution < 1.29 is 0 Å². The van der Waals surface area contributed by atoms with Gasteiger partial charge < -0.3 is 5.32 Å². The molecule has 0 fully saturated rings. The van der Waals surface area contributed by atoms with Crippen molar-refractivity contribution in [1.82, 2.24) is 5.32 Å². The number of benzene rings is 1. The molecule has 0 bridgehead atoms. The van der Waals surface area contributed by atoms with Crippen molar-refractivity contribution in [3.05, 3.63) is 94.5 Å². The topological polar surface area (TPSA) is 12.0 Å². The van der Waals surface area contributed by atoms with E-state index in [0.717, 1.165) is 23.1 Å². The Kier molecular flexibility index (Phi) is 6.17. The Labute approximate surface area is 148 Å². The fourth-order valence-electron chi connectivity index (χ4n) is 2.49. The van der Waals surface area contributed by atoms with E-state index in [0.29, 0.717) is 0 Å². The summed E-state index contributed by atoms with van der Waals surface area (Å²) in [6.07, 6.45) is 6.59. The number of aryl methyl sites for hydroxylation is 1. The summed E-state index contributed by atoms with van der Waals surface area (Å²) in [7, 11) is 1.17. The zero-order valence-corrected chi connectivity index (χ0v) is 16.0. The van der Waals surface area contributed by atoms with Crippen LogP contribution in [0.4, 0.5) is 0 Å². The lowest BCUT2D eigenvalue weighted by molar-refractivity contribution is 0.828. The van der Waals surface area contributed by atoms with E-state index in [1.54, 1.807) is 0 Å². The highest BCUT2D eigenvalue weighted by Gasteiger charge is 2.16. The molecule has 24 heavy (non-hydrogen) atoms. The Hall–Kier alpha value is -2.11. The Balaban J connectivity index is 2.07. The fourth-order valence-corrected chi connectivity index (χ4v) is 3.62. The predicted molar refractivity (Wildman–Crippen MR) is 109 cm³/mol. The average Bonchev–Trinajstić information content (AvgIpc) is 2.93. The van der Waals surface area contributed by atoms with E-state index in [-0.39, 0.29) is 0 Å². The maximum absolute atomic E-state index is 4.22. The molecule has 0 unspecified atom stereocenters. The summed E-state index contributed by atoms with van der Waals surface area (Å²) in [5, 5.41) is 5.83. The second kappa shape index (κ2) is 8.13. The van der Waals surface area contributed by atoms with Gasteiger partial charge in [0.1, 0.15) is 0 Å². The number of nitrogens with one attached hydrogen (secondary N) is 1. The quantitative estimate of drug-likeness (QED) is 0.490. The summed E-state index contributed by atoms with van der Waals surface area (Å²) < 4.78 is 0. The van der Waals surface area contributed by atoms with Crippen LogP contribution in [-0.2, 0) is 6.54 Å². The van der Waals surface area contributed by atoms with Gasteiger partial charge in [0.25, 0.3) is 0 Å². The van der Waals surface area contributed by atoms with Crippen molar-refractivity contribution in [1.29, 1.82) is 0 Å². The molecule has 0 amide bonds. The average molecular weight is 335 g/mol. The van der Waals surface area contributed by atoms with Crippen LogP contribution in [-0.4, -0.2) is 5.29 Å². The summed E-state index contributed by atoms with van der Waals surface area (Å²) >= 11 is 0. The van der Waals surface area contributed by atoms with Crippen molar-refractivity contribution in [2.24, 2.45) is 0 Å². The molecule has 2 heteroatoms. The van der Waals surface area contributed by atoms with Gasteiger partial charge in [0.15, 0.2) is 0 Å². The van der Waals surface area contributed by atoms with Gasteiger partial charge in [0.2, 0.25) is 0 Å². The van der Waals surface area contributed by atoms with Gasteiger partial charge in [-0.1, -0.05) is 68.9 Å². The summed E-state index contributed by atoms with van der Waals surface area (Å²) in [4.78, 5) is 0. The smallest absolute Gasteiger partial charge is 0.0400 e. The van der Waals surface area contributed by atoms with Crippen LogP contribution in [0.5, 0.6) is 0 Å². The van der Waals surface area contributed by atoms with Gasteiger partial charge in [-0.15, -0.1) is 0 Å². The van der Waals surface area contributed by atoms with Gasteiger partial charge in [-0.2, -0.15) is 0 Å². The van der Waals surface area contributed by atoms with Crippen molar-refractivity contribution in [2.75, 3.05) is 0 Å². The molecule has 0 saturated carbocycles. The number of hydrogen-bond acceptors (Lipinski definition) is 1. The van der Waals surface area contributed by atoms with Crippen molar-refractivity contribution in [2.45, 2.75) is 34.2 Å². The highest BCUT2D eigenvalue weighted by Crippen LogP contribution is 2.35. The SMILES string of the molecule is C=C(NCc1ccc(C)cc1)C1=CC(/C(C=C(C)C)=C/C)=PC1=C. The maximum atomic E-state index is 4.22. The monoisotopic (exact) mass is 335 g/mol. The summed E-state index contributed by atoms with van der Waals surface area (Å²) in [5.74, 6) is 0. The van der Waals surface area contributed by atoms with Gasteiger partial charge in [0.05, 0.1) is 0 Å². The van der Waals surface area contributed by atoms with E-state index in [1.807, 2.05) is 0 Å². The fraction of sp³-hybridized carbons (Fsp3) is 0.227. The molecule has 0 atom stereocenters. The van der Waals surface area contributed by atoms with Gasteiger partial charge in [-0.3, -0.25) is 0 Å². The van der Waals surface area contributed by atoms with Gasteiger partial charge in [-0.05, 0) is 44.9 Å². The minimum Gasteiger partial charge on any atom is -0.381 e. The number of allylic oxidation sites excluding steroid dienone is 6. The second-order valence-electron chi connectivity index (χ2n) is 6.29. The summed E-state index contributed by atoms with van der Waals surface area (Å²) in [6, 6.07) is 8.57. The van der Waals surface area contributed by atoms with E-state index < -0.39 is 0 Å². The number of hydrogen-bond donors (Lipinski definition) is 1. The minimum atomic E-state index is 0.778. The third kappa shape index (κ3) is 4.69. The molecule has 1 aliphatic heterocycles. The molecule has 124 valence electrons. The normalized spacial score (nSPS) is 14.8. The number of rotatable bonds is 6. The second-order valence-corrected chi connectivity index (χ2v) is 7.53. The lowest BCUT2D eigenvalue weighted by Gasteiger charge is -2.11. The molecule has 1 aromatic carbocycles. The van der Waals surface area contributed by atoms with E-state index in [1.165, 1.54) is 35.8 Å². The van der Waals surface area contributed by atoms with Crippen molar-refractivity contribution in [3.63, 3.8) is 0 Å². The Morgan fingerprint density at radius 3 is 2.46 bits per heavy atom. The van der Waals surface area contributed by atoms with Crippen LogP contribution in [0.2, 0.25) is 0 Å². The minimum absolute atomic E-state index is 0.778. The first-order valence-corrected chi connectivity index (χ1v) is 9.10. The molecule has 0 radical (unpaired) electrons. The molecule has 2 rings (SSSR count). The zero-order chi connectivity index (χ0) is 17.7. The standard InChI is InChI=1S/C22H26NP/c1-7-20(12-15(2)3)22-13-21(18(6)24-22)17(5)23-14-19-10-8-16(4)9-11-19/h7-13,23H,5-6,14H2,1-4H3/b20-7+. The van der Waals surface area contributed by atoms with Gasteiger partial charge in [-0.25, -0.2) is 0 Å². The lowest BCUT2D eigenvalue weighted by Crippen LogP contribution is -2.13. The van der Waals surface area contributed by atoms with Crippen LogP contribution in [0.15, 0.2) is 83.4 Å². The van der Waals surface area contributed by atoms with E-state index in [4.69, 9.17) is 0 Å². The van der Waals surface area contributed by atoms with Crippen LogP contribution in [0.3, 0.4) is 0 Å². The lowest BCUT2D eigenvalue weighted by atomic mass is 10.1. The summed E-state index contributed by atoms with van der Waals surface area (Å²) in [6.45, 7) is 17.6. The Bertz CT molecular complexity index is 767. The highest BCUT2D eigenvalue weighted by atomic mass is 31.1. The Morgan fingerprint density at radius 1 is 1.21 bits per heavy atom. The third-order valence-corrected chi connectivity index (χ3v) is 4.99. The van der Waals surface area contributed by atoms with Gasteiger partial charge >= 0.3 is 0 Å². The van der Waals surface area contributed by atoms with Crippen LogP contribution in [0.25, 0.3) is 0 Å². The molecule has 0 aromatic heterocycles. The molecule has 1 aromatic rings. The zero-order valence-electron chi connectivity index (χ0n) is 15.1. The van der Waals surface area contributed by atoms with Crippen LogP contribution < -0.4 is 5.32 Å². The predicted octanol–water partition coefficient (Wildman–Crippen LogP) is 6.08. The molecule has 0 aliphatic carbocycles. The van der Waals surface area contributed by atoms with Crippen molar-refractivity contribution in [3.8, 4) is 0 Å². The van der Waals surface area contributed by atoms with E-state index >= 15 is 0 Å². The van der Waals surface area contributed by atoms with Crippen LogP contribution in [0.1, 0.15) is 31.9 Å². The van der Waals surface area contributed by atoms with E-state index in [9.17, 15) is 0 Å². The first kappa shape index (κ1) is 18.2. The molecule has 0 spiro atoms. The van der Waals surface area contributed by atoms with Crippen molar-refractivity contribution >= 4 is 13.5 Å². The maximum Gasteiger partial charge on any atom is 0.0400 e. The molecule has 0 saturated heterocycles. The first-order chi connectivity index (χ1) is 11.4. The molecule has 1 nitrogen and oxygen atoms in total. The highest BCUT2D eigenvalue weighted by molar-refractivity contribution is 7.47. The first-order valence-electron chi connectivity index (χ1n) is 8.20.